The maximum Gasteiger partial charge on any atom is 0.255 e. The number of carbonyl (C=O) groups is 1. The predicted molar refractivity (Wildman–Crippen MR) is 105 cm³/mol. The smallest absolute Gasteiger partial charge is 0.255 e. The lowest BCUT2D eigenvalue weighted by Gasteiger charge is -2.37. The van der Waals surface area contributed by atoms with Crippen molar-refractivity contribution in [1.29, 1.82) is 0 Å². The van der Waals surface area contributed by atoms with Crippen LogP contribution in [0.15, 0.2) is 30.6 Å². The van der Waals surface area contributed by atoms with E-state index in [-0.39, 0.29) is 18.5 Å². The topological polar surface area (TPSA) is 58.1 Å². The van der Waals surface area contributed by atoms with Crippen molar-refractivity contribution >= 4 is 29.0 Å². The van der Waals surface area contributed by atoms with E-state index in [1.807, 2.05) is 19.1 Å². The fourth-order valence-corrected chi connectivity index (χ4v) is 3.57. The van der Waals surface area contributed by atoms with E-state index in [0.717, 1.165) is 24.2 Å². The van der Waals surface area contributed by atoms with Gasteiger partial charge in [0.15, 0.2) is 0 Å². The fraction of sp³-hybridized carbons (Fsp3) is 0.450. The van der Waals surface area contributed by atoms with Crippen molar-refractivity contribution in [3.8, 4) is 0 Å². The molecule has 1 aliphatic heterocycles. The standard InChI is InChI=1S/C20H24ClFN4O/c1-3-4-17-8-6-15(22)12-26(17)20(27)14-9-18(21)19(24-10-14)25-16-7-5-13(2)23-11-16/h5,7,9-11,15,17H,3-4,6,8,12H2,1-2H3,(H,24,25). The van der Waals surface area contributed by atoms with Gasteiger partial charge in [0, 0.05) is 17.9 Å². The molecule has 0 saturated carbocycles. The summed E-state index contributed by atoms with van der Waals surface area (Å²) in [6.07, 6.45) is 5.25. The second-order valence-electron chi connectivity index (χ2n) is 6.94. The Balaban J connectivity index is 1.77. The van der Waals surface area contributed by atoms with Crippen LogP contribution in [-0.2, 0) is 0 Å². The molecular weight excluding hydrogens is 367 g/mol. The SMILES string of the molecule is CCCC1CCC(F)CN1C(=O)c1cnc(Nc2ccc(C)nc2)c(Cl)c1. The molecule has 2 atom stereocenters. The number of rotatable bonds is 5. The highest BCUT2D eigenvalue weighted by molar-refractivity contribution is 6.33. The Bertz CT molecular complexity index is 799. The zero-order chi connectivity index (χ0) is 19.4. The summed E-state index contributed by atoms with van der Waals surface area (Å²) in [6, 6.07) is 5.42. The Morgan fingerprint density at radius 2 is 2.15 bits per heavy atom. The molecule has 144 valence electrons. The number of likely N-dealkylation sites (tertiary alicyclic amines) is 1. The maximum atomic E-state index is 13.9. The largest absolute Gasteiger partial charge is 0.338 e. The highest BCUT2D eigenvalue weighted by Crippen LogP contribution is 2.28. The number of piperidine rings is 1. The zero-order valence-electron chi connectivity index (χ0n) is 15.6. The van der Waals surface area contributed by atoms with Crippen molar-refractivity contribution in [2.45, 2.75) is 51.7 Å². The molecule has 1 amide bonds. The lowest BCUT2D eigenvalue weighted by Crippen LogP contribution is -2.47. The van der Waals surface area contributed by atoms with Crippen LogP contribution in [0.2, 0.25) is 5.02 Å². The lowest BCUT2D eigenvalue weighted by atomic mass is 9.96. The van der Waals surface area contributed by atoms with Crippen molar-refractivity contribution in [3.63, 3.8) is 0 Å². The van der Waals surface area contributed by atoms with E-state index >= 15 is 0 Å². The summed E-state index contributed by atoms with van der Waals surface area (Å²) in [4.78, 5) is 23.1. The number of amides is 1. The van der Waals surface area contributed by atoms with Gasteiger partial charge in [0.1, 0.15) is 12.0 Å². The first-order valence-electron chi connectivity index (χ1n) is 9.28. The van der Waals surface area contributed by atoms with Gasteiger partial charge in [-0.05, 0) is 44.4 Å². The second kappa shape index (κ2) is 8.65. The van der Waals surface area contributed by atoms with Crippen LogP contribution in [0.5, 0.6) is 0 Å². The van der Waals surface area contributed by atoms with Crippen LogP contribution in [0.4, 0.5) is 15.9 Å². The average molecular weight is 391 g/mol. The van der Waals surface area contributed by atoms with Gasteiger partial charge in [-0.2, -0.15) is 0 Å². The van der Waals surface area contributed by atoms with Crippen LogP contribution in [0, 0.1) is 6.92 Å². The van der Waals surface area contributed by atoms with Gasteiger partial charge in [-0.25, -0.2) is 9.37 Å². The van der Waals surface area contributed by atoms with Crippen LogP contribution in [0.1, 0.15) is 48.7 Å². The van der Waals surface area contributed by atoms with Gasteiger partial charge in [0.25, 0.3) is 5.91 Å². The van der Waals surface area contributed by atoms with Gasteiger partial charge in [-0.15, -0.1) is 0 Å². The number of anilines is 2. The third kappa shape index (κ3) is 4.75. The van der Waals surface area contributed by atoms with E-state index in [1.165, 1.54) is 6.20 Å². The highest BCUT2D eigenvalue weighted by atomic mass is 35.5. The molecule has 3 heterocycles. The van der Waals surface area contributed by atoms with Crippen molar-refractivity contribution < 1.29 is 9.18 Å². The molecule has 2 aromatic rings. The first-order chi connectivity index (χ1) is 13.0. The zero-order valence-corrected chi connectivity index (χ0v) is 16.3. The number of aryl methyl sites for hydroxylation is 1. The number of nitrogens with zero attached hydrogens (tertiary/aromatic N) is 3. The van der Waals surface area contributed by atoms with Crippen LogP contribution < -0.4 is 5.32 Å². The van der Waals surface area contributed by atoms with Gasteiger partial charge < -0.3 is 10.2 Å². The first kappa shape index (κ1) is 19.5. The van der Waals surface area contributed by atoms with Crippen molar-refractivity contribution in [2.75, 3.05) is 11.9 Å². The molecule has 0 aromatic carbocycles. The molecule has 1 N–H and O–H groups in total. The summed E-state index contributed by atoms with van der Waals surface area (Å²) in [5.41, 5.74) is 2.05. The molecule has 0 radical (unpaired) electrons. The Labute approximate surface area is 164 Å². The van der Waals surface area contributed by atoms with Crippen molar-refractivity contribution in [1.82, 2.24) is 14.9 Å². The van der Waals surface area contributed by atoms with Gasteiger partial charge in [-0.3, -0.25) is 9.78 Å². The molecule has 1 aliphatic rings. The summed E-state index contributed by atoms with van der Waals surface area (Å²) in [7, 11) is 0. The summed E-state index contributed by atoms with van der Waals surface area (Å²) < 4.78 is 13.9. The van der Waals surface area contributed by atoms with Crippen LogP contribution >= 0.6 is 11.6 Å². The number of hydrogen-bond acceptors (Lipinski definition) is 4. The van der Waals surface area contributed by atoms with Crippen molar-refractivity contribution in [3.05, 3.63) is 46.9 Å². The first-order valence-corrected chi connectivity index (χ1v) is 9.66. The van der Waals surface area contributed by atoms with Crippen LogP contribution in [0.25, 0.3) is 0 Å². The van der Waals surface area contributed by atoms with Gasteiger partial charge in [0.2, 0.25) is 0 Å². The Hall–Kier alpha value is -2.21. The Kier molecular flexibility index (Phi) is 6.26. The summed E-state index contributed by atoms with van der Waals surface area (Å²) in [6.45, 7) is 4.11. The molecule has 0 spiro atoms. The third-order valence-corrected chi connectivity index (χ3v) is 5.08. The predicted octanol–water partition coefficient (Wildman–Crippen LogP) is 4.92. The molecule has 2 aromatic heterocycles. The number of aromatic nitrogens is 2. The van der Waals surface area contributed by atoms with Gasteiger partial charge in [-0.1, -0.05) is 24.9 Å². The molecule has 7 heteroatoms. The molecule has 0 aliphatic carbocycles. The fourth-order valence-electron chi connectivity index (χ4n) is 3.36. The van der Waals surface area contributed by atoms with Gasteiger partial charge in [0.05, 0.1) is 29.0 Å². The Morgan fingerprint density at radius 1 is 1.33 bits per heavy atom. The van der Waals surface area contributed by atoms with Crippen molar-refractivity contribution in [2.24, 2.45) is 0 Å². The quantitative estimate of drug-likeness (QED) is 0.786. The van der Waals surface area contributed by atoms with E-state index in [0.29, 0.717) is 29.2 Å². The lowest BCUT2D eigenvalue weighted by molar-refractivity contribution is 0.0460. The van der Waals surface area contributed by atoms with E-state index in [1.54, 1.807) is 17.2 Å². The van der Waals surface area contributed by atoms with E-state index in [9.17, 15) is 9.18 Å². The summed E-state index contributed by atoms with van der Waals surface area (Å²) in [5.74, 6) is 0.236. The minimum Gasteiger partial charge on any atom is -0.338 e. The monoisotopic (exact) mass is 390 g/mol. The van der Waals surface area contributed by atoms with E-state index < -0.39 is 6.17 Å². The number of carbonyl (C=O) groups excluding carboxylic acids is 1. The minimum atomic E-state index is -0.972. The second-order valence-corrected chi connectivity index (χ2v) is 7.35. The number of hydrogen-bond donors (Lipinski definition) is 1. The molecule has 3 rings (SSSR count). The van der Waals surface area contributed by atoms with Crippen LogP contribution in [0.3, 0.4) is 0 Å². The Morgan fingerprint density at radius 3 is 2.81 bits per heavy atom. The normalized spacial score (nSPS) is 19.8. The number of alkyl halides is 1. The minimum absolute atomic E-state index is 0.0738. The summed E-state index contributed by atoms with van der Waals surface area (Å²) >= 11 is 6.33. The molecule has 1 saturated heterocycles. The van der Waals surface area contributed by atoms with E-state index in [2.05, 4.69) is 22.2 Å². The molecule has 1 fully saturated rings. The van der Waals surface area contributed by atoms with E-state index in [4.69, 9.17) is 11.6 Å². The average Bonchev–Trinajstić information content (AvgIpc) is 2.66. The number of pyridine rings is 2. The maximum absolute atomic E-state index is 13.9. The molecule has 5 nitrogen and oxygen atoms in total. The number of halogens is 2. The third-order valence-electron chi connectivity index (χ3n) is 4.79. The number of nitrogens with one attached hydrogen (secondary N) is 1. The molecule has 2 unspecified atom stereocenters. The highest BCUT2D eigenvalue weighted by Gasteiger charge is 2.32. The molecule has 27 heavy (non-hydrogen) atoms. The van der Waals surface area contributed by atoms with Crippen LogP contribution in [-0.4, -0.2) is 39.5 Å². The molecular formula is C20H24ClFN4O. The molecule has 0 bridgehead atoms. The van der Waals surface area contributed by atoms with Gasteiger partial charge >= 0.3 is 0 Å². The summed E-state index contributed by atoms with van der Waals surface area (Å²) in [5, 5.41) is 3.43.